The van der Waals surface area contributed by atoms with E-state index in [4.69, 9.17) is 11.6 Å². The first kappa shape index (κ1) is 24.7. The maximum atomic E-state index is 13.9. The van der Waals surface area contributed by atoms with Crippen molar-refractivity contribution in [2.75, 3.05) is 6.54 Å². The van der Waals surface area contributed by atoms with Gasteiger partial charge in [-0.3, -0.25) is 14.4 Å². The van der Waals surface area contributed by atoms with Crippen LogP contribution in [0.5, 0.6) is 0 Å². The second kappa shape index (κ2) is 9.15. The number of alkyl halides is 2. The fourth-order valence-electron chi connectivity index (χ4n) is 6.20. The lowest BCUT2D eigenvalue weighted by atomic mass is 9.65. The molecule has 1 aromatic carbocycles. The summed E-state index contributed by atoms with van der Waals surface area (Å²) in [6, 6.07) is 7.03. The van der Waals surface area contributed by atoms with Gasteiger partial charge in [-0.2, -0.15) is 5.26 Å². The van der Waals surface area contributed by atoms with Crippen LogP contribution in [0.3, 0.4) is 0 Å². The Labute approximate surface area is 212 Å². The molecule has 5 rings (SSSR count). The number of rotatable bonds is 5. The molecule has 7 nitrogen and oxygen atoms in total. The Morgan fingerprint density at radius 1 is 1.31 bits per heavy atom. The summed E-state index contributed by atoms with van der Waals surface area (Å²) in [6.07, 6.45) is 2.44. The molecule has 1 aliphatic heterocycles. The number of hydrogen-bond donors (Lipinski definition) is 2. The highest BCUT2D eigenvalue weighted by Gasteiger charge is 2.62. The van der Waals surface area contributed by atoms with Crippen LogP contribution >= 0.6 is 11.6 Å². The molecule has 10 heteroatoms. The topological polar surface area (TPSA) is 106 Å². The normalized spacial score (nSPS) is 25.4. The van der Waals surface area contributed by atoms with Gasteiger partial charge in [-0.1, -0.05) is 30.2 Å². The highest BCUT2D eigenvalue weighted by Crippen LogP contribution is 2.58. The number of ketones is 1. The van der Waals surface area contributed by atoms with Crippen LogP contribution in [-0.2, 0) is 9.59 Å². The molecule has 2 saturated carbocycles. The summed E-state index contributed by atoms with van der Waals surface area (Å²) < 4.78 is 27.7. The van der Waals surface area contributed by atoms with Crippen molar-refractivity contribution >= 4 is 40.1 Å². The molecule has 2 amide bonds. The summed E-state index contributed by atoms with van der Waals surface area (Å²) in [5.74, 6) is -4.03. The summed E-state index contributed by atoms with van der Waals surface area (Å²) >= 11 is 6.23. The van der Waals surface area contributed by atoms with Gasteiger partial charge in [0, 0.05) is 42.5 Å². The smallest absolute Gasteiger partial charge is 0.271 e. The molecule has 2 heterocycles. The van der Waals surface area contributed by atoms with Crippen LogP contribution in [-0.4, -0.2) is 52.0 Å². The number of Topliss-reactive ketones (excluding diaryl/α,β-unsaturated/α-hetero) is 1. The molecule has 1 spiro atoms. The number of aromatic amines is 1. The monoisotopic (exact) mass is 516 g/mol. The zero-order valence-electron chi connectivity index (χ0n) is 19.7. The first-order valence-electron chi connectivity index (χ1n) is 12.3. The lowest BCUT2D eigenvalue weighted by Crippen LogP contribution is -2.49. The van der Waals surface area contributed by atoms with Crippen molar-refractivity contribution in [3.05, 3.63) is 35.0 Å². The van der Waals surface area contributed by atoms with E-state index < -0.39 is 35.2 Å². The van der Waals surface area contributed by atoms with Gasteiger partial charge in [0.05, 0.1) is 16.6 Å². The van der Waals surface area contributed by atoms with Gasteiger partial charge in [-0.05, 0) is 37.8 Å². The Morgan fingerprint density at radius 2 is 2.08 bits per heavy atom. The van der Waals surface area contributed by atoms with Crippen LogP contribution in [0, 0.1) is 22.7 Å². The van der Waals surface area contributed by atoms with Gasteiger partial charge in [-0.15, -0.1) is 0 Å². The van der Waals surface area contributed by atoms with E-state index in [-0.39, 0.29) is 49.6 Å². The minimum Gasteiger partial charge on any atom is -0.349 e. The number of nitrogens with one attached hydrogen (secondary N) is 2. The van der Waals surface area contributed by atoms with Crippen molar-refractivity contribution in [3.63, 3.8) is 0 Å². The maximum absolute atomic E-state index is 13.9. The second-order valence-electron chi connectivity index (χ2n) is 10.6. The lowest BCUT2D eigenvalue weighted by molar-refractivity contribution is -0.155. The van der Waals surface area contributed by atoms with Crippen molar-refractivity contribution < 1.29 is 23.2 Å². The summed E-state index contributed by atoms with van der Waals surface area (Å²) in [5, 5.41) is 13.5. The number of para-hydroxylation sites is 1. The number of carbonyl (C=O) groups excluding carboxylic acids is 3. The number of likely N-dealkylation sites (tertiary alicyclic amines) is 1. The molecule has 190 valence electrons. The van der Waals surface area contributed by atoms with E-state index in [1.54, 1.807) is 24.3 Å². The van der Waals surface area contributed by atoms with E-state index in [1.165, 1.54) is 4.90 Å². The predicted molar refractivity (Wildman–Crippen MR) is 128 cm³/mol. The molecule has 3 unspecified atom stereocenters. The van der Waals surface area contributed by atoms with Gasteiger partial charge >= 0.3 is 0 Å². The second-order valence-corrected chi connectivity index (χ2v) is 11.0. The zero-order chi connectivity index (χ0) is 25.7. The molecule has 2 aromatic rings. The van der Waals surface area contributed by atoms with Gasteiger partial charge in [0.15, 0.2) is 0 Å². The number of amides is 2. The zero-order valence-corrected chi connectivity index (χ0v) is 20.4. The molecule has 3 aliphatic rings. The first-order valence-corrected chi connectivity index (χ1v) is 12.7. The third-order valence-electron chi connectivity index (χ3n) is 7.85. The van der Waals surface area contributed by atoms with Gasteiger partial charge in [0.25, 0.3) is 5.91 Å². The van der Waals surface area contributed by atoms with Crippen LogP contribution < -0.4 is 5.32 Å². The fraction of sp³-hybridized carbons (Fsp3) is 0.538. The molecule has 36 heavy (non-hydrogen) atoms. The Kier molecular flexibility index (Phi) is 6.27. The summed E-state index contributed by atoms with van der Waals surface area (Å²) in [6.45, 7) is 0.0287. The minimum absolute atomic E-state index is 0.0287. The number of benzene rings is 1. The highest BCUT2D eigenvalue weighted by molar-refractivity contribution is 6.35. The van der Waals surface area contributed by atoms with E-state index in [1.807, 2.05) is 0 Å². The van der Waals surface area contributed by atoms with Crippen LogP contribution in [0.2, 0.25) is 5.02 Å². The van der Waals surface area contributed by atoms with Crippen LogP contribution in [0.15, 0.2) is 24.3 Å². The van der Waals surface area contributed by atoms with Crippen LogP contribution in [0.4, 0.5) is 8.78 Å². The SMILES string of the molecule is N#CC(CC1CCCCC1=O)NC(=O)C1CC2(CN1C(=O)c1cc3cccc(Cl)c3[nH]1)CC(F)(F)C2. The molecule has 0 radical (unpaired) electrons. The number of nitrogens with zero attached hydrogens (tertiary/aromatic N) is 2. The van der Waals surface area contributed by atoms with E-state index >= 15 is 0 Å². The molecule has 3 fully saturated rings. The summed E-state index contributed by atoms with van der Waals surface area (Å²) in [4.78, 5) is 43.4. The molecule has 2 aliphatic carbocycles. The lowest BCUT2D eigenvalue weighted by Gasteiger charge is -2.44. The summed E-state index contributed by atoms with van der Waals surface area (Å²) in [7, 11) is 0. The third kappa shape index (κ3) is 4.59. The number of fused-ring (bicyclic) bond motifs is 1. The molecule has 1 aromatic heterocycles. The quantitative estimate of drug-likeness (QED) is 0.605. The molecule has 2 N–H and O–H groups in total. The highest BCUT2D eigenvalue weighted by atomic mass is 35.5. The average molecular weight is 517 g/mol. The van der Waals surface area contributed by atoms with Gasteiger partial charge < -0.3 is 15.2 Å². The molecular weight excluding hydrogens is 490 g/mol. The van der Waals surface area contributed by atoms with Crippen molar-refractivity contribution in [3.8, 4) is 6.07 Å². The number of nitriles is 1. The number of aromatic nitrogens is 1. The van der Waals surface area contributed by atoms with E-state index in [0.717, 1.165) is 18.2 Å². The van der Waals surface area contributed by atoms with Crippen molar-refractivity contribution in [2.45, 2.75) is 69.4 Å². The maximum Gasteiger partial charge on any atom is 0.271 e. The fourth-order valence-corrected chi connectivity index (χ4v) is 6.42. The Hall–Kier alpha value is -2.99. The molecular formula is C26H27ClF2N4O3. The largest absolute Gasteiger partial charge is 0.349 e. The van der Waals surface area contributed by atoms with Gasteiger partial charge in [-0.25, -0.2) is 8.78 Å². The Bertz CT molecular complexity index is 1260. The van der Waals surface area contributed by atoms with E-state index in [2.05, 4.69) is 16.4 Å². The first-order chi connectivity index (χ1) is 17.1. The van der Waals surface area contributed by atoms with Gasteiger partial charge in [0.2, 0.25) is 11.8 Å². The van der Waals surface area contributed by atoms with Gasteiger partial charge in [0.1, 0.15) is 23.6 Å². The number of carbonyl (C=O) groups is 3. The standard InChI is InChI=1S/C26H27ClF2N4O3/c27-18-6-3-5-16-9-19(32-22(16)18)24(36)33-14-25(12-26(28,29)13-25)10-20(33)23(35)31-17(11-30)8-15-4-1-2-7-21(15)34/h3,5-6,9,15,17,20,32H,1-2,4,7-8,10,12-14H2,(H,31,35). The molecule has 0 bridgehead atoms. The van der Waals surface area contributed by atoms with Crippen LogP contribution in [0.1, 0.15) is 61.9 Å². The van der Waals surface area contributed by atoms with E-state index in [0.29, 0.717) is 23.4 Å². The van der Waals surface area contributed by atoms with Crippen molar-refractivity contribution in [1.82, 2.24) is 15.2 Å². The number of halogens is 3. The third-order valence-corrected chi connectivity index (χ3v) is 8.16. The molecule has 3 atom stereocenters. The number of hydrogen-bond acceptors (Lipinski definition) is 4. The van der Waals surface area contributed by atoms with Crippen LogP contribution in [0.25, 0.3) is 10.9 Å². The van der Waals surface area contributed by atoms with Crippen molar-refractivity contribution in [2.24, 2.45) is 11.3 Å². The Morgan fingerprint density at radius 3 is 2.75 bits per heavy atom. The minimum atomic E-state index is -2.81. The summed E-state index contributed by atoms with van der Waals surface area (Å²) in [5.41, 5.74) is -0.0512. The number of H-pyrrole nitrogens is 1. The predicted octanol–water partition coefficient (Wildman–Crippen LogP) is 4.61. The van der Waals surface area contributed by atoms with E-state index in [9.17, 15) is 28.4 Å². The van der Waals surface area contributed by atoms with Crippen molar-refractivity contribution in [1.29, 1.82) is 5.26 Å². The average Bonchev–Trinajstić information content (AvgIpc) is 3.42. The Balaban J connectivity index is 1.36. The molecule has 1 saturated heterocycles.